The summed E-state index contributed by atoms with van der Waals surface area (Å²) in [7, 11) is -2.33. The van der Waals surface area contributed by atoms with E-state index in [-0.39, 0.29) is 41.9 Å². The predicted molar refractivity (Wildman–Crippen MR) is 169 cm³/mol. The normalized spacial score (nSPS) is 27.6. The minimum atomic E-state index is -3.92. The van der Waals surface area contributed by atoms with E-state index in [2.05, 4.69) is 0 Å². The Morgan fingerprint density at radius 1 is 0.956 bits per heavy atom. The number of hydrogen-bond acceptors (Lipinski definition) is 7. The van der Waals surface area contributed by atoms with Crippen molar-refractivity contribution in [3.05, 3.63) is 95.6 Å². The van der Waals surface area contributed by atoms with Gasteiger partial charge in [0.05, 0.1) is 24.0 Å². The van der Waals surface area contributed by atoms with E-state index in [1.54, 1.807) is 31.4 Å². The quantitative estimate of drug-likeness (QED) is 0.192. The van der Waals surface area contributed by atoms with Gasteiger partial charge in [-0.3, -0.25) is 9.59 Å². The number of rotatable bonds is 12. The van der Waals surface area contributed by atoms with Crippen LogP contribution in [-0.2, 0) is 42.2 Å². The molecule has 8 nitrogen and oxygen atoms in total. The summed E-state index contributed by atoms with van der Waals surface area (Å²) in [6, 6.07) is 24.1. The molecule has 3 aromatic carbocycles. The minimum absolute atomic E-state index is 0.00822. The third-order valence-corrected chi connectivity index (χ3v) is 12.2. The molecule has 0 radical (unpaired) electrons. The number of fused-ring (bicyclic) bond motifs is 3. The highest BCUT2D eigenvalue weighted by Gasteiger charge is 2.74. The lowest BCUT2D eigenvalue weighted by atomic mass is 9.45. The van der Waals surface area contributed by atoms with Crippen LogP contribution in [0, 0.1) is 23.7 Å². The Morgan fingerprint density at radius 3 is 2.36 bits per heavy atom. The lowest BCUT2D eigenvalue weighted by Gasteiger charge is -2.56. The third kappa shape index (κ3) is 5.87. The van der Waals surface area contributed by atoms with E-state index in [4.69, 9.17) is 14.2 Å². The van der Waals surface area contributed by atoms with Crippen molar-refractivity contribution in [3.63, 3.8) is 0 Å². The number of sulfonamides is 1. The molecule has 9 heteroatoms. The van der Waals surface area contributed by atoms with E-state index in [1.807, 2.05) is 68.4 Å². The van der Waals surface area contributed by atoms with Gasteiger partial charge < -0.3 is 14.2 Å². The summed E-state index contributed by atoms with van der Waals surface area (Å²) in [5.74, 6) is 0.514. The van der Waals surface area contributed by atoms with Crippen LogP contribution in [0.1, 0.15) is 49.3 Å². The molecule has 3 fully saturated rings. The van der Waals surface area contributed by atoms with Gasteiger partial charge in [-0.25, -0.2) is 8.42 Å². The fraction of sp³-hybridized carbons (Fsp3) is 0.444. The molecule has 0 aromatic heterocycles. The topological polar surface area (TPSA) is 103 Å². The number of carbonyl (C=O) groups excluding carboxylic acids is 2. The van der Waals surface area contributed by atoms with Crippen LogP contribution < -0.4 is 4.74 Å². The SMILES string of the molecule is COc1ccc(CN(C[C@H]2CCC(=O)[C@@]3(CCOCc4ccccc4)[C@H]4O[C@H]4C(=O)C[C@@]23C)S(=O)(=O)c2ccc(C)cc2)cc1. The lowest BCUT2D eigenvalue weighted by molar-refractivity contribution is -0.161. The number of hydrogen-bond donors (Lipinski definition) is 0. The van der Waals surface area contributed by atoms with Gasteiger partial charge in [-0.1, -0.05) is 67.1 Å². The van der Waals surface area contributed by atoms with Crippen LogP contribution >= 0.6 is 0 Å². The standard InChI is InChI=1S/C36H41NO7S/c1-25-9-16-30(17-10-25)45(40,41)37(22-26-11-14-29(42-3)15-12-26)23-28-13-18-32(39)36(19-20-43-24-27-7-5-4-6-8-27)34-33(44-34)31(38)21-35(28,36)2/h4-12,14-17,28,33-34H,13,18-24H2,1-3H3/t28-,33+,34+,35+,36+/m1/s1. The Balaban J connectivity index is 1.31. The van der Waals surface area contributed by atoms with Gasteiger partial charge in [0.1, 0.15) is 23.7 Å². The molecule has 3 aromatic rings. The van der Waals surface area contributed by atoms with Crippen LogP contribution in [-0.4, -0.2) is 56.8 Å². The molecule has 45 heavy (non-hydrogen) atoms. The molecule has 1 aliphatic heterocycles. The summed E-state index contributed by atoms with van der Waals surface area (Å²) in [6.45, 7) is 4.99. The summed E-state index contributed by atoms with van der Waals surface area (Å²) in [5, 5.41) is 0. The van der Waals surface area contributed by atoms with Crippen molar-refractivity contribution in [2.24, 2.45) is 16.7 Å². The van der Waals surface area contributed by atoms with Crippen LogP contribution in [0.4, 0.5) is 0 Å². The Bertz CT molecular complexity index is 1640. The maximum atomic E-state index is 14.3. The second-order valence-electron chi connectivity index (χ2n) is 12.9. The Morgan fingerprint density at radius 2 is 1.67 bits per heavy atom. The molecular formula is C36H41NO7S. The van der Waals surface area contributed by atoms with Gasteiger partial charge in [0, 0.05) is 32.5 Å². The first-order valence-corrected chi connectivity index (χ1v) is 17.1. The molecule has 238 valence electrons. The summed E-state index contributed by atoms with van der Waals surface area (Å²) in [5.41, 5.74) is 1.10. The Hall–Kier alpha value is -3.37. The Kier molecular flexibility index (Phi) is 8.73. The number of aryl methyl sites for hydroxylation is 1. The van der Waals surface area contributed by atoms with E-state index in [1.165, 1.54) is 4.31 Å². The molecule has 6 rings (SSSR count). The zero-order valence-corrected chi connectivity index (χ0v) is 26.9. The smallest absolute Gasteiger partial charge is 0.243 e. The first-order chi connectivity index (χ1) is 21.6. The van der Waals surface area contributed by atoms with Gasteiger partial charge in [-0.05, 0) is 66.5 Å². The first-order valence-electron chi connectivity index (χ1n) is 15.6. The molecule has 0 unspecified atom stereocenters. The minimum Gasteiger partial charge on any atom is -0.497 e. The highest BCUT2D eigenvalue weighted by atomic mass is 32.2. The van der Waals surface area contributed by atoms with Crippen molar-refractivity contribution < 1.29 is 32.2 Å². The van der Waals surface area contributed by atoms with Crippen LogP contribution in [0.15, 0.2) is 83.8 Å². The number of methoxy groups -OCH3 is 1. The van der Waals surface area contributed by atoms with Crippen molar-refractivity contribution in [1.29, 1.82) is 0 Å². The summed E-state index contributed by atoms with van der Waals surface area (Å²) < 4.78 is 47.4. The van der Waals surface area contributed by atoms with E-state index in [0.29, 0.717) is 38.2 Å². The summed E-state index contributed by atoms with van der Waals surface area (Å²) in [4.78, 5) is 27.5. The van der Waals surface area contributed by atoms with Crippen molar-refractivity contribution in [3.8, 4) is 5.75 Å². The van der Waals surface area contributed by atoms with Crippen molar-refractivity contribution in [1.82, 2.24) is 4.31 Å². The molecule has 2 aliphatic carbocycles. The predicted octanol–water partition coefficient (Wildman–Crippen LogP) is 5.51. The first kappa shape index (κ1) is 31.6. The number of Topliss-reactive ketones (excluding diaryl/α,β-unsaturated/α-hetero) is 2. The number of benzene rings is 3. The number of ketones is 2. The highest BCUT2D eigenvalue weighted by Crippen LogP contribution is 2.65. The number of nitrogens with zero attached hydrogens (tertiary/aromatic N) is 1. The molecule has 0 bridgehead atoms. The zero-order valence-electron chi connectivity index (χ0n) is 26.1. The van der Waals surface area contributed by atoms with Crippen LogP contribution in [0.2, 0.25) is 0 Å². The third-order valence-electron chi connectivity index (χ3n) is 10.3. The summed E-state index contributed by atoms with van der Waals surface area (Å²) in [6.07, 6.45) is 0.327. The molecule has 3 aliphatic rings. The van der Waals surface area contributed by atoms with Gasteiger partial charge in [0.15, 0.2) is 5.78 Å². The van der Waals surface area contributed by atoms with Crippen LogP contribution in [0.3, 0.4) is 0 Å². The molecule has 1 heterocycles. The summed E-state index contributed by atoms with van der Waals surface area (Å²) >= 11 is 0. The molecule has 1 saturated heterocycles. The second kappa shape index (κ2) is 12.4. The fourth-order valence-corrected chi connectivity index (χ4v) is 9.13. The van der Waals surface area contributed by atoms with E-state index >= 15 is 0 Å². The number of ether oxygens (including phenoxy) is 3. The van der Waals surface area contributed by atoms with Gasteiger partial charge in [-0.2, -0.15) is 4.31 Å². The highest BCUT2D eigenvalue weighted by molar-refractivity contribution is 7.89. The van der Waals surface area contributed by atoms with Crippen LogP contribution in [0.5, 0.6) is 5.75 Å². The number of carbonyl (C=O) groups is 2. The van der Waals surface area contributed by atoms with Gasteiger partial charge in [0.25, 0.3) is 0 Å². The van der Waals surface area contributed by atoms with E-state index in [9.17, 15) is 18.0 Å². The van der Waals surface area contributed by atoms with Gasteiger partial charge in [-0.15, -0.1) is 0 Å². The molecule has 5 atom stereocenters. The zero-order chi connectivity index (χ0) is 31.8. The largest absolute Gasteiger partial charge is 0.497 e. The second-order valence-corrected chi connectivity index (χ2v) is 14.9. The maximum absolute atomic E-state index is 14.3. The number of epoxide rings is 1. The average Bonchev–Trinajstić information content (AvgIpc) is 3.85. The van der Waals surface area contributed by atoms with Crippen molar-refractivity contribution in [2.75, 3.05) is 20.3 Å². The van der Waals surface area contributed by atoms with Gasteiger partial charge in [0.2, 0.25) is 10.0 Å². The van der Waals surface area contributed by atoms with E-state index < -0.39 is 33.1 Å². The molecule has 0 spiro atoms. The van der Waals surface area contributed by atoms with Crippen molar-refractivity contribution in [2.45, 2.75) is 69.8 Å². The fourth-order valence-electron chi connectivity index (χ4n) is 7.65. The Labute approximate surface area is 265 Å². The van der Waals surface area contributed by atoms with E-state index in [0.717, 1.165) is 16.7 Å². The molecule has 0 N–H and O–H groups in total. The monoisotopic (exact) mass is 631 g/mol. The molecule has 2 saturated carbocycles. The lowest BCUT2D eigenvalue weighted by Crippen LogP contribution is -2.62. The average molecular weight is 632 g/mol. The van der Waals surface area contributed by atoms with Crippen molar-refractivity contribution >= 4 is 21.6 Å². The maximum Gasteiger partial charge on any atom is 0.243 e. The molecule has 0 amide bonds. The van der Waals surface area contributed by atoms with Crippen LogP contribution in [0.25, 0.3) is 0 Å². The van der Waals surface area contributed by atoms with Gasteiger partial charge >= 0.3 is 0 Å². The molecular weight excluding hydrogens is 590 g/mol.